The van der Waals surface area contributed by atoms with Gasteiger partial charge < -0.3 is 10.2 Å². The summed E-state index contributed by atoms with van der Waals surface area (Å²) in [7, 11) is 2.20. The second kappa shape index (κ2) is 6.57. The lowest BCUT2D eigenvalue weighted by atomic mass is 9.75. The fourth-order valence-corrected chi connectivity index (χ4v) is 2.98. The lowest BCUT2D eigenvalue weighted by Crippen LogP contribution is -2.39. The maximum absolute atomic E-state index is 13.1. The van der Waals surface area contributed by atoms with Crippen molar-refractivity contribution in [1.82, 2.24) is 4.90 Å². The molecule has 2 rings (SSSR count). The number of likely N-dealkylation sites (N-methyl/N-ethyl adjacent to an activating group) is 1. The minimum atomic E-state index is -0.183. The van der Waals surface area contributed by atoms with Crippen LogP contribution in [0.15, 0.2) is 24.3 Å². The average Bonchev–Trinajstić information content (AvgIpc) is 2.38. The number of nitrogens with zero attached hydrogens (tertiary/aromatic N) is 1. The molecule has 1 N–H and O–H groups in total. The first kappa shape index (κ1) is 15.3. The van der Waals surface area contributed by atoms with Crippen molar-refractivity contribution >= 4 is 5.69 Å². The highest BCUT2D eigenvalue weighted by Gasteiger charge is 2.28. The largest absolute Gasteiger partial charge is 0.384 e. The summed E-state index contributed by atoms with van der Waals surface area (Å²) in [5.74, 6) is -0.183. The lowest BCUT2D eigenvalue weighted by Gasteiger charge is -2.38. The molecule has 1 aromatic carbocycles. The van der Waals surface area contributed by atoms with E-state index < -0.39 is 0 Å². The molecule has 3 heteroatoms. The Morgan fingerprint density at radius 2 is 2.00 bits per heavy atom. The van der Waals surface area contributed by atoms with Crippen molar-refractivity contribution in [2.24, 2.45) is 5.41 Å². The maximum Gasteiger partial charge on any atom is 0.125 e. The van der Waals surface area contributed by atoms with Crippen LogP contribution in [0.5, 0.6) is 0 Å². The first-order valence-corrected chi connectivity index (χ1v) is 7.66. The van der Waals surface area contributed by atoms with Gasteiger partial charge in [-0.2, -0.15) is 0 Å². The van der Waals surface area contributed by atoms with E-state index in [1.54, 1.807) is 12.1 Å². The molecule has 0 radical (unpaired) electrons. The summed E-state index contributed by atoms with van der Waals surface area (Å²) in [6, 6.07) is 7.37. The molecule has 112 valence electrons. The zero-order valence-corrected chi connectivity index (χ0v) is 13.0. The molecule has 0 atom stereocenters. The van der Waals surface area contributed by atoms with Gasteiger partial charge in [-0.05, 0) is 56.3 Å². The van der Waals surface area contributed by atoms with Crippen LogP contribution in [0.3, 0.4) is 0 Å². The molecule has 0 bridgehead atoms. The van der Waals surface area contributed by atoms with Gasteiger partial charge in [-0.3, -0.25) is 0 Å². The Hall–Kier alpha value is -1.09. The highest BCUT2D eigenvalue weighted by Crippen LogP contribution is 2.36. The van der Waals surface area contributed by atoms with Crippen LogP contribution in [0, 0.1) is 11.2 Å². The average molecular weight is 278 g/mol. The van der Waals surface area contributed by atoms with Crippen molar-refractivity contribution in [2.75, 3.05) is 25.5 Å². The number of rotatable bonds is 5. The lowest BCUT2D eigenvalue weighted by molar-refractivity contribution is 0.131. The predicted octanol–water partition coefficient (Wildman–Crippen LogP) is 4.14. The molecule has 0 amide bonds. The number of halogens is 1. The van der Waals surface area contributed by atoms with Gasteiger partial charge in [0.15, 0.2) is 0 Å². The van der Waals surface area contributed by atoms with E-state index in [2.05, 4.69) is 31.1 Å². The third kappa shape index (κ3) is 4.48. The van der Waals surface area contributed by atoms with Crippen molar-refractivity contribution in [3.8, 4) is 0 Å². The van der Waals surface area contributed by atoms with Crippen LogP contribution >= 0.6 is 0 Å². The summed E-state index contributed by atoms with van der Waals surface area (Å²) in [6.07, 6.45) is 5.23. The number of nitrogens with one attached hydrogen (secondary N) is 1. The first-order chi connectivity index (χ1) is 9.46. The van der Waals surface area contributed by atoms with E-state index >= 15 is 0 Å². The molecular weight excluding hydrogens is 251 g/mol. The molecule has 2 nitrogen and oxygen atoms in total. The Morgan fingerprint density at radius 1 is 1.30 bits per heavy atom. The molecular formula is C17H27FN2. The fourth-order valence-electron chi connectivity index (χ4n) is 2.98. The topological polar surface area (TPSA) is 15.3 Å². The van der Waals surface area contributed by atoms with E-state index in [0.29, 0.717) is 11.5 Å². The third-order valence-electron chi connectivity index (χ3n) is 4.55. The Morgan fingerprint density at radius 3 is 2.65 bits per heavy atom. The SMILES string of the molecule is CN(CCNc1cccc(F)c1)C1CCC(C)(C)CC1. The van der Waals surface area contributed by atoms with E-state index in [4.69, 9.17) is 0 Å². The van der Waals surface area contributed by atoms with Crippen molar-refractivity contribution in [3.63, 3.8) is 0 Å². The number of anilines is 1. The van der Waals surface area contributed by atoms with Gasteiger partial charge in [0, 0.05) is 24.8 Å². The van der Waals surface area contributed by atoms with Crippen molar-refractivity contribution in [1.29, 1.82) is 0 Å². The number of hydrogen-bond donors (Lipinski definition) is 1. The Kier molecular flexibility index (Phi) is 5.03. The standard InChI is InChI=1S/C17H27FN2/c1-17(2)9-7-16(8-10-17)20(3)12-11-19-15-6-4-5-14(18)13-15/h4-6,13,16,19H,7-12H2,1-3H3. The highest BCUT2D eigenvalue weighted by molar-refractivity contribution is 5.42. The van der Waals surface area contributed by atoms with E-state index in [1.807, 2.05) is 6.07 Å². The van der Waals surface area contributed by atoms with Gasteiger partial charge in [0.1, 0.15) is 5.82 Å². The zero-order chi connectivity index (χ0) is 14.6. The Labute approximate surface area is 122 Å². The summed E-state index contributed by atoms with van der Waals surface area (Å²) >= 11 is 0. The van der Waals surface area contributed by atoms with Gasteiger partial charge in [-0.1, -0.05) is 19.9 Å². The third-order valence-corrected chi connectivity index (χ3v) is 4.55. The van der Waals surface area contributed by atoms with E-state index in [-0.39, 0.29) is 5.82 Å². The monoisotopic (exact) mass is 278 g/mol. The van der Waals surface area contributed by atoms with Crippen LogP contribution in [0.2, 0.25) is 0 Å². The second-order valence-corrected chi connectivity index (χ2v) is 6.81. The van der Waals surface area contributed by atoms with Crippen molar-refractivity contribution < 1.29 is 4.39 Å². The molecule has 20 heavy (non-hydrogen) atoms. The molecule has 0 saturated heterocycles. The quantitative estimate of drug-likeness (QED) is 0.871. The number of benzene rings is 1. The predicted molar refractivity (Wildman–Crippen MR) is 83.6 cm³/mol. The maximum atomic E-state index is 13.1. The Balaban J connectivity index is 1.71. The second-order valence-electron chi connectivity index (χ2n) is 6.81. The smallest absolute Gasteiger partial charge is 0.125 e. The molecule has 0 aromatic heterocycles. The molecule has 1 saturated carbocycles. The highest BCUT2D eigenvalue weighted by atomic mass is 19.1. The minimum Gasteiger partial charge on any atom is -0.384 e. The van der Waals surface area contributed by atoms with Crippen molar-refractivity contribution in [3.05, 3.63) is 30.1 Å². The molecule has 0 heterocycles. The summed E-state index contributed by atoms with van der Waals surface area (Å²) in [4.78, 5) is 2.45. The molecule has 0 spiro atoms. The minimum absolute atomic E-state index is 0.183. The van der Waals surface area contributed by atoms with E-state index in [1.165, 1.54) is 31.7 Å². The molecule has 0 unspecified atom stereocenters. The van der Waals surface area contributed by atoms with E-state index in [0.717, 1.165) is 18.8 Å². The normalized spacial score (nSPS) is 19.2. The van der Waals surface area contributed by atoms with Gasteiger partial charge in [-0.15, -0.1) is 0 Å². The van der Waals surface area contributed by atoms with Crippen LogP contribution in [-0.4, -0.2) is 31.1 Å². The van der Waals surface area contributed by atoms with E-state index in [9.17, 15) is 4.39 Å². The van der Waals surface area contributed by atoms with Crippen LogP contribution in [0.1, 0.15) is 39.5 Å². The molecule has 1 fully saturated rings. The molecule has 0 aliphatic heterocycles. The summed E-state index contributed by atoms with van der Waals surface area (Å²) in [6.45, 7) is 6.60. The van der Waals surface area contributed by atoms with Gasteiger partial charge in [0.05, 0.1) is 0 Å². The van der Waals surface area contributed by atoms with Crippen LogP contribution < -0.4 is 5.32 Å². The summed E-state index contributed by atoms with van der Waals surface area (Å²) < 4.78 is 13.1. The van der Waals surface area contributed by atoms with Crippen LogP contribution in [0.25, 0.3) is 0 Å². The van der Waals surface area contributed by atoms with Crippen LogP contribution in [0.4, 0.5) is 10.1 Å². The first-order valence-electron chi connectivity index (χ1n) is 7.66. The van der Waals surface area contributed by atoms with Gasteiger partial charge in [-0.25, -0.2) is 4.39 Å². The Bertz CT molecular complexity index is 421. The molecule has 1 aromatic rings. The zero-order valence-electron chi connectivity index (χ0n) is 13.0. The number of hydrogen-bond acceptors (Lipinski definition) is 2. The summed E-state index contributed by atoms with van der Waals surface area (Å²) in [5, 5.41) is 3.29. The fraction of sp³-hybridized carbons (Fsp3) is 0.647. The molecule has 1 aliphatic carbocycles. The van der Waals surface area contributed by atoms with Gasteiger partial charge in [0.25, 0.3) is 0 Å². The van der Waals surface area contributed by atoms with Crippen LogP contribution in [-0.2, 0) is 0 Å². The van der Waals surface area contributed by atoms with Gasteiger partial charge >= 0.3 is 0 Å². The van der Waals surface area contributed by atoms with Crippen molar-refractivity contribution in [2.45, 2.75) is 45.6 Å². The summed E-state index contributed by atoms with van der Waals surface area (Å²) in [5.41, 5.74) is 1.39. The van der Waals surface area contributed by atoms with Gasteiger partial charge in [0.2, 0.25) is 0 Å². The molecule has 1 aliphatic rings.